The molecule has 0 spiro atoms. The van der Waals surface area contributed by atoms with E-state index in [4.69, 9.17) is 0 Å². The van der Waals surface area contributed by atoms with Crippen LogP contribution in [0.3, 0.4) is 0 Å². The van der Waals surface area contributed by atoms with Crippen LogP contribution in [0.4, 0.5) is 0 Å². The van der Waals surface area contributed by atoms with Gasteiger partial charge in [0.25, 0.3) is 0 Å². The van der Waals surface area contributed by atoms with Crippen molar-refractivity contribution in [3.63, 3.8) is 0 Å². The van der Waals surface area contributed by atoms with E-state index < -0.39 is 0 Å². The Morgan fingerprint density at radius 3 is 2.79 bits per heavy atom. The summed E-state index contributed by atoms with van der Waals surface area (Å²) in [7, 11) is 0. The molecule has 0 radical (unpaired) electrons. The third-order valence-electron chi connectivity index (χ3n) is 1.86. The molecular formula is C12H17NS. The number of allylic oxidation sites excluding steroid dienone is 2. The van der Waals surface area contributed by atoms with Crippen LogP contribution >= 0.6 is 11.3 Å². The molecule has 0 saturated heterocycles. The lowest BCUT2D eigenvalue weighted by atomic mass is 10.2. The van der Waals surface area contributed by atoms with Crippen LogP contribution in [0.1, 0.15) is 36.3 Å². The maximum Gasteiger partial charge on any atom is 0.0932 e. The molecule has 1 heterocycles. The Morgan fingerprint density at radius 2 is 2.29 bits per heavy atom. The SMILES string of the molecule is C=C(C)Cc1sc(CC)nc1/C=C\C. The molecule has 76 valence electrons. The summed E-state index contributed by atoms with van der Waals surface area (Å²) in [5, 5.41) is 1.22. The van der Waals surface area contributed by atoms with Crippen molar-refractivity contribution in [3.8, 4) is 0 Å². The smallest absolute Gasteiger partial charge is 0.0932 e. The van der Waals surface area contributed by atoms with Crippen LogP contribution in [0.2, 0.25) is 0 Å². The van der Waals surface area contributed by atoms with Crippen molar-refractivity contribution in [3.05, 3.63) is 33.8 Å². The van der Waals surface area contributed by atoms with Crippen molar-refractivity contribution in [2.45, 2.75) is 33.6 Å². The third kappa shape index (κ3) is 2.81. The lowest BCUT2D eigenvalue weighted by Gasteiger charge is -1.96. The highest BCUT2D eigenvalue weighted by Crippen LogP contribution is 2.22. The van der Waals surface area contributed by atoms with Gasteiger partial charge in [-0.05, 0) is 26.3 Å². The highest BCUT2D eigenvalue weighted by molar-refractivity contribution is 7.11. The predicted molar refractivity (Wildman–Crippen MR) is 64.7 cm³/mol. The fourth-order valence-electron chi connectivity index (χ4n) is 1.25. The Bertz CT molecular complexity index is 347. The van der Waals surface area contributed by atoms with Gasteiger partial charge in [0.05, 0.1) is 10.7 Å². The lowest BCUT2D eigenvalue weighted by Crippen LogP contribution is -1.85. The molecule has 1 nitrogen and oxygen atoms in total. The maximum atomic E-state index is 4.56. The van der Waals surface area contributed by atoms with Crippen molar-refractivity contribution in [1.29, 1.82) is 0 Å². The van der Waals surface area contributed by atoms with Crippen molar-refractivity contribution < 1.29 is 0 Å². The van der Waals surface area contributed by atoms with Gasteiger partial charge < -0.3 is 0 Å². The van der Waals surface area contributed by atoms with E-state index >= 15 is 0 Å². The Morgan fingerprint density at radius 1 is 1.57 bits per heavy atom. The highest BCUT2D eigenvalue weighted by Gasteiger charge is 2.07. The molecule has 0 atom stereocenters. The fourth-order valence-corrected chi connectivity index (χ4v) is 2.36. The lowest BCUT2D eigenvalue weighted by molar-refractivity contribution is 1.08. The molecule has 14 heavy (non-hydrogen) atoms. The summed E-state index contributed by atoms with van der Waals surface area (Å²) >= 11 is 1.80. The first kappa shape index (κ1) is 11.2. The molecule has 0 saturated carbocycles. The molecule has 0 unspecified atom stereocenters. The van der Waals surface area contributed by atoms with E-state index in [1.807, 2.05) is 13.0 Å². The monoisotopic (exact) mass is 207 g/mol. The molecule has 0 aromatic carbocycles. The van der Waals surface area contributed by atoms with Gasteiger partial charge in [-0.25, -0.2) is 4.98 Å². The first-order valence-corrected chi connectivity index (χ1v) is 5.74. The number of thiazole rings is 1. The second-order valence-electron chi connectivity index (χ2n) is 3.40. The van der Waals surface area contributed by atoms with E-state index in [1.54, 1.807) is 11.3 Å². The zero-order chi connectivity index (χ0) is 10.6. The third-order valence-corrected chi connectivity index (χ3v) is 3.08. The van der Waals surface area contributed by atoms with E-state index in [9.17, 15) is 0 Å². The number of hydrogen-bond acceptors (Lipinski definition) is 2. The van der Waals surface area contributed by atoms with Crippen LogP contribution in [0.15, 0.2) is 18.2 Å². The molecule has 0 fully saturated rings. The van der Waals surface area contributed by atoms with Crippen molar-refractivity contribution in [1.82, 2.24) is 4.98 Å². The van der Waals surface area contributed by atoms with E-state index in [2.05, 4.69) is 31.5 Å². The summed E-state index contributed by atoms with van der Waals surface area (Å²) in [6.07, 6.45) is 6.09. The Kier molecular flexibility index (Phi) is 4.08. The molecule has 0 aliphatic heterocycles. The van der Waals surface area contributed by atoms with Gasteiger partial charge >= 0.3 is 0 Å². The fraction of sp³-hybridized carbons (Fsp3) is 0.417. The summed E-state index contributed by atoms with van der Waals surface area (Å²) in [5.41, 5.74) is 2.32. The Balaban J connectivity index is 2.99. The first-order chi connectivity index (χ1) is 6.67. The molecule has 0 amide bonds. The number of hydrogen-bond donors (Lipinski definition) is 0. The second-order valence-corrected chi connectivity index (χ2v) is 4.57. The molecule has 1 aromatic heterocycles. The largest absolute Gasteiger partial charge is 0.242 e. The molecule has 0 N–H and O–H groups in total. The molecule has 0 bridgehead atoms. The summed E-state index contributed by atoms with van der Waals surface area (Å²) in [4.78, 5) is 5.90. The molecule has 1 aromatic rings. The van der Waals surface area contributed by atoms with E-state index in [1.165, 1.54) is 15.5 Å². The van der Waals surface area contributed by atoms with Crippen LogP contribution < -0.4 is 0 Å². The maximum absolute atomic E-state index is 4.56. The summed E-state index contributed by atoms with van der Waals surface area (Å²) in [5.74, 6) is 0. The van der Waals surface area contributed by atoms with Gasteiger partial charge in [0.2, 0.25) is 0 Å². The summed E-state index contributed by atoms with van der Waals surface area (Å²) in [6, 6.07) is 0. The van der Waals surface area contributed by atoms with Crippen LogP contribution in [0.25, 0.3) is 6.08 Å². The minimum atomic E-state index is 0.956. The van der Waals surface area contributed by atoms with Crippen LogP contribution in [-0.4, -0.2) is 4.98 Å². The average molecular weight is 207 g/mol. The average Bonchev–Trinajstić information content (AvgIpc) is 2.48. The highest BCUT2D eigenvalue weighted by atomic mass is 32.1. The summed E-state index contributed by atoms with van der Waals surface area (Å²) < 4.78 is 0. The van der Waals surface area contributed by atoms with Gasteiger partial charge in [-0.1, -0.05) is 25.2 Å². The molecule has 0 aliphatic rings. The minimum Gasteiger partial charge on any atom is -0.242 e. The van der Waals surface area contributed by atoms with Gasteiger partial charge in [0.1, 0.15) is 0 Å². The Labute approximate surface area is 90.2 Å². The standard InChI is InChI=1S/C12H17NS/c1-5-7-10-11(8-9(3)4)14-12(6-2)13-10/h5,7H,3,6,8H2,1-2,4H3/b7-5-. The second kappa shape index (κ2) is 5.11. The zero-order valence-corrected chi connectivity index (χ0v) is 9.95. The quantitative estimate of drug-likeness (QED) is 0.683. The number of aryl methyl sites for hydroxylation is 1. The normalized spacial score (nSPS) is 11.1. The van der Waals surface area contributed by atoms with Crippen molar-refractivity contribution >= 4 is 17.4 Å². The van der Waals surface area contributed by atoms with E-state index in [-0.39, 0.29) is 0 Å². The van der Waals surface area contributed by atoms with Crippen LogP contribution in [0.5, 0.6) is 0 Å². The predicted octanol–water partition coefficient (Wildman–Crippen LogP) is 3.86. The molecular weight excluding hydrogens is 190 g/mol. The van der Waals surface area contributed by atoms with Crippen LogP contribution in [-0.2, 0) is 12.8 Å². The number of nitrogens with zero attached hydrogens (tertiary/aromatic N) is 1. The van der Waals surface area contributed by atoms with Crippen LogP contribution in [0, 0.1) is 0 Å². The van der Waals surface area contributed by atoms with E-state index in [0.717, 1.165) is 18.5 Å². The van der Waals surface area contributed by atoms with Crippen molar-refractivity contribution in [2.24, 2.45) is 0 Å². The van der Waals surface area contributed by atoms with Crippen molar-refractivity contribution in [2.75, 3.05) is 0 Å². The van der Waals surface area contributed by atoms with Gasteiger partial charge in [-0.2, -0.15) is 0 Å². The van der Waals surface area contributed by atoms with E-state index in [0.29, 0.717) is 0 Å². The number of aromatic nitrogens is 1. The summed E-state index contributed by atoms with van der Waals surface area (Å²) in [6.45, 7) is 10.2. The minimum absolute atomic E-state index is 0.956. The molecule has 1 rings (SSSR count). The first-order valence-electron chi connectivity index (χ1n) is 4.93. The zero-order valence-electron chi connectivity index (χ0n) is 9.13. The number of rotatable bonds is 4. The topological polar surface area (TPSA) is 12.9 Å². The molecule has 0 aliphatic carbocycles. The van der Waals surface area contributed by atoms with Gasteiger partial charge in [0, 0.05) is 11.3 Å². The Hall–Kier alpha value is -0.890. The van der Waals surface area contributed by atoms with Gasteiger partial charge in [-0.3, -0.25) is 0 Å². The van der Waals surface area contributed by atoms with Gasteiger partial charge in [-0.15, -0.1) is 11.3 Å². The molecule has 2 heteroatoms. The van der Waals surface area contributed by atoms with Gasteiger partial charge in [0.15, 0.2) is 0 Å².